The first-order valence-corrected chi connectivity index (χ1v) is 7.27. The number of aromatic nitrogens is 4. The van der Waals surface area contributed by atoms with E-state index in [2.05, 4.69) is 54.1 Å². The lowest BCUT2D eigenvalue weighted by atomic mass is 10.1. The van der Waals surface area contributed by atoms with E-state index in [0.29, 0.717) is 6.04 Å². The summed E-state index contributed by atoms with van der Waals surface area (Å²) in [6.45, 7) is 10.5. The van der Waals surface area contributed by atoms with E-state index in [1.165, 1.54) is 16.8 Å². The van der Waals surface area contributed by atoms with Gasteiger partial charge in [0.05, 0.1) is 11.9 Å². The molecule has 2 aromatic rings. The molecular formula is C15H25N5. The molecule has 0 aliphatic rings. The van der Waals surface area contributed by atoms with Crippen LogP contribution >= 0.6 is 0 Å². The van der Waals surface area contributed by atoms with E-state index in [-0.39, 0.29) is 0 Å². The third-order valence-corrected chi connectivity index (χ3v) is 3.75. The first kappa shape index (κ1) is 14.8. The molecular weight excluding hydrogens is 250 g/mol. The van der Waals surface area contributed by atoms with E-state index >= 15 is 0 Å². The maximum Gasteiger partial charge on any atom is 0.0644 e. The Morgan fingerprint density at radius 2 is 2.10 bits per heavy atom. The number of rotatable bonds is 6. The van der Waals surface area contributed by atoms with Crippen molar-refractivity contribution in [3.05, 3.63) is 34.9 Å². The summed E-state index contributed by atoms with van der Waals surface area (Å²) >= 11 is 0. The molecule has 2 rings (SSSR count). The molecule has 1 atom stereocenters. The Balaban J connectivity index is 2.11. The molecule has 1 N–H and O–H groups in total. The smallest absolute Gasteiger partial charge is 0.0644 e. The third-order valence-electron chi connectivity index (χ3n) is 3.75. The average molecular weight is 275 g/mol. The zero-order valence-corrected chi connectivity index (χ0v) is 13.1. The van der Waals surface area contributed by atoms with Crippen LogP contribution < -0.4 is 5.32 Å². The maximum absolute atomic E-state index is 4.68. The maximum atomic E-state index is 4.68. The Bertz CT molecular complexity index is 567. The number of nitrogens with zero attached hydrogens (tertiary/aromatic N) is 4. The summed E-state index contributed by atoms with van der Waals surface area (Å²) in [7, 11) is 1.95. The Hall–Kier alpha value is -1.62. The summed E-state index contributed by atoms with van der Waals surface area (Å²) < 4.78 is 3.96. The van der Waals surface area contributed by atoms with Gasteiger partial charge in [0.25, 0.3) is 0 Å². The van der Waals surface area contributed by atoms with Crippen molar-refractivity contribution < 1.29 is 0 Å². The number of hydrogen-bond acceptors (Lipinski definition) is 3. The molecule has 0 radical (unpaired) electrons. The van der Waals surface area contributed by atoms with Gasteiger partial charge in [-0.15, -0.1) is 0 Å². The topological polar surface area (TPSA) is 47.7 Å². The van der Waals surface area contributed by atoms with Gasteiger partial charge in [-0.25, -0.2) is 0 Å². The summed E-state index contributed by atoms with van der Waals surface area (Å²) in [5.74, 6) is 0. The van der Waals surface area contributed by atoms with Crippen LogP contribution in [0, 0.1) is 13.8 Å². The summed E-state index contributed by atoms with van der Waals surface area (Å²) in [6, 6.07) is 0.354. The summed E-state index contributed by atoms with van der Waals surface area (Å²) in [5.41, 5.74) is 4.97. The van der Waals surface area contributed by atoms with Crippen molar-refractivity contribution in [1.29, 1.82) is 0 Å². The van der Waals surface area contributed by atoms with Gasteiger partial charge in [-0.1, -0.05) is 6.92 Å². The normalized spacial score (nSPS) is 12.8. The molecule has 110 valence electrons. The van der Waals surface area contributed by atoms with Gasteiger partial charge in [-0.2, -0.15) is 10.2 Å². The van der Waals surface area contributed by atoms with E-state index < -0.39 is 0 Å². The summed E-state index contributed by atoms with van der Waals surface area (Å²) in [5, 5.41) is 12.4. The van der Waals surface area contributed by atoms with E-state index in [1.807, 2.05) is 17.9 Å². The molecule has 20 heavy (non-hydrogen) atoms. The fourth-order valence-electron chi connectivity index (χ4n) is 2.80. The monoisotopic (exact) mass is 275 g/mol. The highest BCUT2D eigenvalue weighted by atomic mass is 15.3. The molecule has 2 aromatic heterocycles. The van der Waals surface area contributed by atoms with Crippen molar-refractivity contribution in [3.63, 3.8) is 0 Å². The number of hydrogen-bond donors (Lipinski definition) is 1. The van der Waals surface area contributed by atoms with Crippen molar-refractivity contribution in [3.8, 4) is 0 Å². The predicted molar refractivity (Wildman–Crippen MR) is 80.7 cm³/mol. The fraction of sp³-hybridized carbons (Fsp3) is 0.600. The Morgan fingerprint density at radius 1 is 1.35 bits per heavy atom. The zero-order chi connectivity index (χ0) is 14.7. The standard InChI is InChI=1S/C15H25N5/c1-6-16-11(2)15-12(3)18-20(13(15)4)8-7-14-9-17-19(5)10-14/h9-11,16H,6-8H2,1-5H3. The van der Waals surface area contributed by atoms with Crippen LogP contribution in [0.3, 0.4) is 0 Å². The van der Waals surface area contributed by atoms with E-state index in [9.17, 15) is 0 Å². The van der Waals surface area contributed by atoms with Crippen molar-refractivity contribution in [2.45, 2.75) is 46.7 Å². The molecule has 0 saturated heterocycles. The fourth-order valence-corrected chi connectivity index (χ4v) is 2.80. The van der Waals surface area contributed by atoms with Gasteiger partial charge in [-0.05, 0) is 39.3 Å². The van der Waals surface area contributed by atoms with Crippen LogP contribution in [0.15, 0.2) is 12.4 Å². The summed E-state index contributed by atoms with van der Waals surface area (Å²) in [4.78, 5) is 0. The lowest BCUT2D eigenvalue weighted by Gasteiger charge is -2.13. The average Bonchev–Trinajstić information content (AvgIpc) is 2.91. The Labute approximate surface area is 121 Å². The molecule has 5 nitrogen and oxygen atoms in total. The van der Waals surface area contributed by atoms with Gasteiger partial charge in [0.1, 0.15) is 0 Å². The van der Waals surface area contributed by atoms with Crippen LogP contribution in [-0.2, 0) is 20.0 Å². The minimum Gasteiger partial charge on any atom is -0.310 e. The molecule has 0 aliphatic heterocycles. The number of aryl methyl sites for hydroxylation is 4. The molecule has 2 heterocycles. The van der Waals surface area contributed by atoms with Crippen molar-refractivity contribution in [1.82, 2.24) is 24.9 Å². The van der Waals surface area contributed by atoms with Crippen molar-refractivity contribution in [2.75, 3.05) is 6.54 Å². The molecule has 0 aliphatic carbocycles. The number of nitrogens with one attached hydrogen (secondary N) is 1. The Morgan fingerprint density at radius 3 is 2.70 bits per heavy atom. The van der Waals surface area contributed by atoms with Gasteiger partial charge in [0, 0.05) is 37.1 Å². The van der Waals surface area contributed by atoms with Crippen LogP contribution in [-0.4, -0.2) is 26.1 Å². The highest BCUT2D eigenvalue weighted by Gasteiger charge is 2.16. The van der Waals surface area contributed by atoms with E-state index in [4.69, 9.17) is 0 Å². The van der Waals surface area contributed by atoms with E-state index in [1.54, 1.807) is 0 Å². The first-order valence-electron chi connectivity index (χ1n) is 7.27. The second kappa shape index (κ2) is 6.22. The van der Waals surface area contributed by atoms with Gasteiger partial charge in [-0.3, -0.25) is 9.36 Å². The molecule has 0 saturated carbocycles. The highest BCUT2D eigenvalue weighted by Crippen LogP contribution is 2.21. The minimum absolute atomic E-state index is 0.354. The lowest BCUT2D eigenvalue weighted by molar-refractivity contribution is 0.577. The molecule has 0 fully saturated rings. The zero-order valence-electron chi connectivity index (χ0n) is 13.1. The van der Waals surface area contributed by atoms with Gasteiger partial charge in [0.2, 0.25) is 0 Å². The second-order valence-electron chi connectivity index (χ2n) is 5.36. The van der Waals surface area contributed by atoms with Crippen molar-refractivity contribution in [2.24, 2.45) is 7.05 Å². The van der Waals surface area contributed by atoms with E-state index in [0.717, 1.165) is 25.2 Å². The van der Waals surface area contributed by atoms with Crippen molar-refractivity contribution >= 4 is 0 Å². The predicted octanol–water partition coefficient (Wildman–Crippen LogP) is 2.15. The minimum atomic E-state index is 0.354. The molecule has 0 aromatic carbocycles. The Kier molecular flexibility index (Phi) is 4.60. The van der Waals surface area contributed by atoms with Crippen LogP contribution in [0.5, 0.6) is 0 Å². The van der Waals surface area contributed by atoms with Crippen LogP contribution in [0.25, 0.3) is 0 Å². The SMILES string of the molecule is CCNC(C)c1c(C)nn(CCc2cnn(C)c2)c1C. The largest absolute Gasteiger partial charge is 0.310 e. The first-order chi connectivity index (χ1) is 9.52. The molecule has 5 heteroatoms. The van der Waals surface area contributed by atoms with Crippen LogP contribution in [0.4, 0.5) is 0 Å². The van der Waals surface area contributed by atoms with Gasteiger partial charge in [0.15, 0.2) is 0 Å². The molecule has 0 amide bonds. The van der Waals surface area contributed by atoms with Crippen LogP contribution in [0.2, 0.25) is 0 Å². The molecule has 0 bridgehead atoms. The van der Waals surface area contributed by atoms with Gasteiger partial charge >= 0.3 is 0 Å². The molecule has 0 spiro atoms. The summed E-state index contributed by atoms with van der Waals surface area (Å²) in [6.07, 6.45) is 4.95. The quantitative estimate of drug-likeness (QED) is 0.878. The highest BCUT2D eigenvalue weighted by molar-refractivity contribution is 5.27. The molecule has 1 unspecified atom stereocenters. The van der Waals surface area contributed by atoms with Gasteiger partial charge < -0.3 is 5.32 Å². The second-order valence-corrected chi connectivity index (χ2v) is 5.36. The third kappa shape index (κ3) is 3.10. The lowest BCUT2D eigenvalue weighted by Crippen LogP contribution is -2.19. The van der Waals surface area contributed by atoms with Crippen LogP contribution in [0.1, 0.15) is 42.4 Å².